The van der Waals surface area contributed by atoms with E-state index in [1.54, 1.807) is 20.8 Å². The van der Waals surface area contributed by atoms with Gasteiger partial charge in [0.05, 0.1) is 10.6 Å². The van der Waals surface area contributed by atoms with Crippen LogP contribution in [0.3, 0.4) is 0 Å². The van der Waals surface area contributed by atoms with Crippen molar-refractivity contribution in [3.63, 3.8) is 0 Å². The number of carbonyl (C=O) groups excluding carboxylic acids is 2. The van der Waals surface area contributed by atoms with Gasteiger partial charge in [-0.15, -0.1) is 0 Å². The van der Waals surface area contributed by atoms with Crippen molar-refractivity contribution in [3.05, 3.63) is 58.3 Å². The van der Waals surface area contributed by atoms with Gasteiger partial charge in [0.2, 0.25) is 0 Å². The molecule has 0 radical (unpaired) electrons. The lowest BCUT2D eigenvalue weighted by atomic mass is 10.1. The average molecular weight is 441 g/mol. The standard InChI is InChI=1S/C18H18F3N5O5/c1-17(2,3)31-16(28)25-9-12(23-10-25)6-7-22-15(27)24-11-4-5-14(26(29)30)13(8-11)18(19,20)21/h4-10H,1-3H3,(H2,22,24,27)/b7-6+. The predicted octanol–water partition coefficient (Wildman–Crippen LogP) is 4.39. The molecule has 2 N–H and O–H groups in total. The molecule has 0 saturated carbocycles. The van der Waals surface area contributed by atoms with E-state index in [1.807, 2.05) is 0 Å². The Morgan fingerprint density at radius 3 is 2.52 bits per heavy atom. The number of amides is 2. The van der Waals surface area contributed by atoms with Gasteiger partial charge in [-0.3, -0.25) is 10.1 Å². The first-order chi connectivity index (χ1) is 14.3. The molecule has 1 heterocycles. The second-order valence-corrected chi connectivity index (χ2v) is 7.10. The van der Waals surface area contributed by atoms with Gasteiger partial charge in [-0.25, -0.2) is 19.1 Å². The van der Waals surface area contributed by atoms with E-state index in [4.69, 9.17) is 4.74 Å². The quantitative estimate of drug-likeness (QED) is 0.535. The number of ether oxygens (including phenoxy) is 1. The van der Waals surface area contributed by atoms with Crippen LogP contribution in [-0.2, 0) is 10.9 Å². The normalized spacial score (nSPS) is 11.9. The van der Waals surface area contributed by atoms with Gasteiger partial charge in [0, 0.05) is 24.2 Å². The lowest BCUT2D eigenvalue weighted by molar-refractivity contribution is -0.388. The van der Waals surface area contributed by atoms with Gasteiger partial charge in [0.25, 0.3) is 5.69 Å². The van der Waals surface area contributed by atoms with Gasteiger partial charge in [0.15, 0.2) is 0 Å². The molecule has 0 spiro atoms. The van der Waals surface area contributed by atoms with Crippen LogP contribution in [-0.4, -0.2) is 32.2 Å². The van der Waals surface area contributed by atoms with E-state index in [1.165, 1.54) is 18.6 Å². The van der Waals surface area contributed by atoms with Crippen LogP contribution in [0, 0.1) is 10.1 Å². The van der Waals surface area contributed by atoms with Crippen molar-refractivity contribution in [1.29, 1.82) is 0 Å². The minimum absolute atomic E-state index is 0.292. The molecule has 0 aliphatic rings. The molecule has 166 valence electrons. The third-order valence-electron chi connectivity index (χ3n) is 3.43. The number of aromatic nitrogens is 2. The maximum atomic E-state index is 13.0. The highest BCUT2D eigenvalue weighted by molar-refractivity contribution is 5.90. The van der Waals surface area contributed by atoms with Crippen molar-refractivity contribution in [1.82, 2.24) is 14.9 Å². The molecule has 13 heteroatoms. The maximum absolute atomic E-state index is 13.0. The summed E-state index contributed by atoms with van der Waals surface area (Å²) in [6, 6.07) is 1.19. The van der Waals surface area contributed by atoms with Crippen molar-refractivity contribution in [2.75, 3.05) is 5.32 Å². The van der Waals surface area contributed by atoms with Gasteiger partial charge >= 0.3 is 18.3 Å². The zero-order chi connectivity index (χ0) is 23.4. The molecule has 2 amide bonds. The zero-order valence-corrected chi connectivity index (χ0v) is 16.6. The average Bonchev–Trinajstić information content (AvgIpc) is 3.08. The number of nitrogens with one attached hydrogen (secondary N) is 2. The summed E-state index contributed by atoms with van der Waals surface area (Å²) >= 11 is 0. The molecule has 0 fully saturated rings. The number of carbonyl (C=O) groups is 2. The van der Waals surface area contributed by atoms with Crippen LogP contribution in [0.2, 0.25) is 0 Å². The van der Waals surface area contributed by atoms with E-state index < -0.39 is 40.1 Å². The Balaban J connectivity index is 2.01. The molecule has 0 bridgehead atoms. The molecule has 2 rings (SSSR count). The SMILES string of the molecule is CC(C)(C)OC(=O)n1cnc(/C=C/NC(=O)Nc2ccc([N+](=O)[O-])c(C(F)(F)F)c2)c1. The number of anilines is 1. The van der Waals surface area contributed by atoms with E-state index in [-0.39, 0.29) is 5.69 Å². The third kappa shape index (κ3) is 6.83. The Bertz CT molecular complexity index is 1020. The topological polar surface area (TPSA) is 128 Å². The molecule has 31 heavy (non-hydrogen) atoms. The Hall–Kier alpha value is -3.90. The molecule has 0 aliphatic carbocycles. The van der Waals surface area contributed by atoms with Crippen LogP contribution < -0.4 is 10.6 Å². The summed E-state index contributed by atoms with van der Waals surface area (Å²) in [6.45, 7) is 5.11. The minimum atomic E-state index is -4.97. The summed E-state index contributed by atoms with van der Waals surface area (Å²) in [5.41, 5.74) is -3.31. The largest absolute Gasteiger partial charge is 0.443 e. The molecule has 0 atom stereocenters. The van der Waals surface area contributed by atoms with Crippen molar-refractivity contribution in [2.45, 2.75) is 32.5 Å². The smallest absolute Gasteiger partial charge is 0.423 e. The molecular weight excluding hydrogens is 423 g/mol. The minimum Gasteiger partial charge on any atom is -0.443 e. The van der Waals surface area contributed by atoms with E-state index in [2.05, 4.69) is 15.6 Å². The number of alkyl halides is 3. The van der Waals surface area contributed by atoms with Crippen molar-refractivity contribution < 1.29 is 32.4 Å². The summed E-state index contributed by atoms with van der Waals surface area (Å²) in [5, 5.41) is 15.1. The number of imidazole rings is 1. The van der Waals surface area contributed by atoms with Crippen LogP contribution in [0.4, 0.5) is 34.1 Å². The monoisotopic (exact) mass is 441 g/mol. The van der Waals surface area contributed by atoms with Gasteiger partial charge in [-0.1, -0.05) is 0 Å². The molecule has 0 aliphatic heterocycles. The first kappa shape index (κ1) is 23.4. The van der Waals surface area contributed by atoms with Gasteiger partial charge in [-0.05, 0) is 39.0 Å². The highest BCUT2D eigenvalue weighted by atomic mass is 19.4. The number of hydrogen-bond donors (Lipinski definition) is 2. The molecule has 10 nitrogen and oxygen atoms in total. The summed E-state index contributed by atoms with van der Waals surface area (Å²) < 4.78 is 45.2. The Morgan fingerprint density at radius 2 is 1.94 bits per heavy atom. The van der Waals surface area contributed by atoms with E-state index >= 15 is 0 Å². The van der Waals surface area contributed by atoms with Crippen LogP contribution in [0.5, 0.6) is 0 Å². The van der Waals surface area contributed by atoms with Crippen molar-refractivity contribution >= 4 is 29.6 Å². The molecule has 2 aromatic rings. The number of nitrogens with zero attached hydrogens (tertiary/aromatic N) is 3. The number of hydrogen-bond acceptors (Lipinski definition) is 6. The summed E-state index contributed by atoms with van der Waals surface area (Å²) in [5.74, 6) is 0. The summed E-state index contributed by atoms with van der Waals surface area (Å²) in [4.78, 5) is 37.3. The fourth-order valence-electron chi connectivity index (χ4n) is 2.21. The van der Waals surface area contributed by atoms with Gasteiger partial charge in [0.1, 0.15) is 17.5 Å². The Morgan fingerprint density at radius 1 is 1.26 bits per heavy atom. The number of nitro groups is 1. The maximum Gasteiger partial charge on any atom is 0.423 e. The first-order valence-corrected chi connectivity index (χ1v) is 8.63. The zero-order valence-electron chi connectivity index (χ0n) is 16.6. The molecule has 0 saturated heterocycles. The van der Waals surface area contributed by atoms with Crippen LogP contribution >= 0.6 is 0 Å². The highest BCUT2D eigenvalue weighted by Crippen LogP contribution is 2.37. The number of rotatable bonds is 4. The molecular formula is C18H18F3N5O5. The lowest BCUT2D eigenvalue weighted by Gasteiger charge is -2.18. The Kier molecular flexibility index (Phi) is 6.68. The van der Waals surface area contributed by atoms with Gasteiger partial charge < -0.3 is 15.4 Å². The van der Waals surface area contributed by atoms with E-state index in [0.717, 1.165) is 16.8 Å². The van der Waals surface area contributed by atoms with Gasteiger partial charge in [-0.2, -0.15) is 13.2 Å². The predicted molar refractivity (Wildman–Crippen MR) is 103 cm³/mol. The van der Waals surface area contributed by atoms with Crippen LogP contribution in [0.15, 0.2) is 36.9 Å². The second-order valence-electron chi connectivity index (χ2n) is 7.10. The fourth-order valence-corrected chi connectivity index (χ4v) is 2.21. The highest BCUT2D eigenvalue weighted by Gasteiger charge is 2.38. The lowest BCUT2D eigenvalue weighted by Crippen LogP contribution is -2.26. The summed E-state index contributed by atoms with van der Waals surface area (Å²) in [7, 11) is 0. The van der Waals surface area contributed by atoms with E-state index in [0.29, 0.717) is 17.8 Å². The second kappa shape index (κ2) is 8.85. The number of nitro benzene ring substituents is 1. The number of halogens is 3. The number of benzene rings is 1. The first-order valence-electron chi connectivity index (χ1n) is 8.63. The molecule has 0 unspecified atom stereocenters. The van der Waals surface area contributed by atoms with Crippen molar-refractivity contribution in [3.8, 4) is 0 Å². The van der Waals surface area contributed by atoms with Crippen molar-refractivity contribution in [2.24, 2.45) is 0 Å². The Labute approximate surface area is 173 Å². The van der Waals surface area contributed by atoms with E-state index in [9.17, 15) is 32.9 Å². The molecule has 1 aromatic heterocycles. The number of urea groups is 1. The molecule has 1 aromatic carbocycles. The van der Waals surface area contributed by atoms with Crippen LogP contribution in [0.1, 0.15) is 32.0 Å². The summed E-state index contributed by atoms with van der Waals surface area (Å²) in [6.07, 6.45) is -0.586. The fraction of sp³-hybridized carbons (Fsp3) is 0.278. The third-order valence-corrected chi connectivity index (χ3v) is 3.43. The van der Waals surface area contributed by atoms with Crippen LogP contribution in [0.25, 0.3) is 6.08 Å².